The van der Waals surface area contributed by atoms with Crippen molar-refractivity contribution in [2.45, 2.75) is 0 Å². The lowest BCUT2D eigenvalue weighted by Gasteiger charge is -2.35. The van der Waals surface area contributed by atoms with E-state index in [1.165, 1.54) is 5.69 Å². The van der Waals surface area contributed by atoms with E-state index < -0.39 is 0 Å². The molecule has 0 saturated carbocycles. The van der Waals surface area contributed by atoms with Gasteiger partial charge in [-0.05, 0) is 24.3 Å². The molecule has 1 aromatic heterocycles. The van der Waals surface area contributed by atoms with Gasteiger partial charge in [-0.15, -0.1) is 16.8 Å². The number of para-hydroxylation sites is 1. The molecule has 3 rings (SSSR count). The molecule has 0 radical (unpaired) electrons. The Morgan fingerprint density at radius 1 is 1.08 bits per heavy atom. The molecule has 1 N–H and O–H groups in total. The first-order valence-electron chi connectivity index (χ1n) is 8.05. The van der Waals surface area contributed by atoms with Gasteiger partial charge < -0.3 is 15.1 Å². The maximum absolute atomic E-state index is 12.5. The van der Waals surface area contributed by atoms with Gasteiger partial charge in [-0.3, -0.25) is 4.79 Å². The van der Waals surface area contributed by atoms with E-state index >= 15 is 0 Å². The second-order valence-corrected chi connectivity index (χ2v) is 5.59. The number of amides is 1. The molecule has 2 heterocycles. The Hall–Kier alpha value is -2.89. The van der Waals surface area contributed by atoms with Crippen LogP contribution in [0.1, 0.15) is 10.5 Å². The molecule has 1 saturated heterocycles. The minimum atomic E-state index is -0.0644. The van der Waals surface area contributed by atoms with E-state index in [1.54, 1.807) is 18.2 Å². The van der Waals surface area contributed by atoms with Crippen molar-refractivity contribution in [1.82, 2.24) is 15.1 Å². The van der Waals surface area contributed by atoms with Crippen LogP contribution in [0.25, 0.3) is 0 Å². The van der Waals surface area contributed by atoms with Crippen molar-refractivity contribution >= 4 is 17.4 Å². The van der Waals surface area contributed by atoms with Crippen LogP contribution >= 0.6 is 0 Å². The predicted octanol–water partition coefficient (Wildman–Crippen LogP) is 2.04. The Bertz CT molecular complexity index is 678. The van der Waals surface area contributed by atoms with E-state index in [9.17, 15) is 4.79 Å². The molecule has 1 fully saturated rings. The van der Waals surface area contributed by atoms with Crippen molar-refractivity contribution < 1.29 is 4.79 Å². The number of carbonyl (C=O) groups excluding carboxylic acids is 1. The summed E-state index contributed by atoms with van der Waals surface area (Å²) >= 11 is 0. The number of hydrogen-bond acceptors (Lipinski definition) is 5. The highest BCUT2D eigenvalue weighted by atomic mass is 16.2. The summed E-state index contributed by atoms with van der Waals surface area (Å²) in [6, 6.07) is 13.7. The molecule has 2 aromatic rings. The number of aromatic nitrogens is 2. The van der Waals surface area contributed by atoms with Gasteiger partial charge in [0.25, 0.3) is 5.91 Å². The average Bonchev–Trinajstić information content (AvgIpc) is 2.67. The van der Waals surface area contributed by atoms with Crippen molar-refractivity contribution in [2.24, 2.45) is 0 Å². The van der Waals surface area contributed by atoms with Gasteiger partial charge in [0, 0.05) is 38.4 Å². The number of rotatable bonds is 5. The van der Waals surface area contributed by atoms with Crippen LogP contribution in [0.2, 0.25) is 0 Å². The number of piperazine rings is 1. The van der Waals surface area contributed by atoms with Crippen LogP contribution in [0.15, 0.2) is 55.1 Å². The highest BCUT2D eigenvalue weighted by Gasteiger charge is 2.23. The smallest absolute Gasteiger partial charge is 0.274 e. The average molecular weight is 323 g/mol. The topological polar surface area (TPSA) is 61.4 Å². The van der Waals surface area contributed by atoms with Crippen LogP contribution in [0.4, 0.5) is 11.5 Å². The molecule has 0 aliphatic carbocycles. The number of nitrogens with zero attached hydrogens (tertiary/aromatic N) is 4. The highest BCUT2D eigenvalue weighted by molar-refractivity contribution is 5.92. The second kappa shape index (κ2) is 7.59. The molecule has 0 spiro atoms. The first-order valence-corrected chi connectivity index (χ1v) is 8.05. The van der Waals surface area contributed by atoms with E-state index in [0.717, 1.165) is 13.1 Å². The molecule has 1 aliphatic rings. The predicted molar refractivity (Wildman–Crippen MR) is 95.3 cm³/mol. The van der Waals surface area contributed by atoms with Gasteiger partial charge in [-0.25, -0.2) is 0 Å². The summed E-state index contributed by atoms with van der Waals surface area (Å²) in [7, 11) is 0. The molecule has 124 valence electrons. The van der Waals surface area contributed by atoms with Crippen LogP contribution in [0.3, 0.4) is 0 Å². The lowest BCUT2D eigenvalue weighted by molar-refractivity contribution is 0.0739. The summed E-state index contributed by atoms with van der Waals surface area (Å²) in [5, 5.41) is 11.1. The molecule has 0 bridgehead atoms. The first-order chi connectivity index (χ1) is 11.8. The van der Waals surface area contributed by atoms with Gasteiger partial charge in [0.1, 0.15) is 5.82 Å². The third-order valence-corrected chi connectivity index (χ3v) is 4.00. The Morgan fingerprint density at radius 3 is 2.46 bits per heavy atom. The van der Waals surface area contributed by atoms with E-state index in [4.69, 9.17) is 0 Å². The minimum absolute atomic E-state index is 0.0644. The molecule has 0 atom stereocenters. The fourth-order valence-corrected chi connectivity index (χ4v) is 2.69. The largest absolute Gasteiger partial charge is 0.368 e. The summed E-state index contributed by atoms with van der Waals surface area (Å²) < 4.78 is 0. The normalized spacial score (nSPS) is 14.3. The summed E-state index contributed by atoms with van der Waals surface area (Å²) in [5.41, 5.74) is 1.58. The maximum Gasteiger partial charge on any atom is 0.274 e. The van der Waals surface area contributed by atoms with Crippen LogP contribution in [0, 0.1) is 0 Å². The highest BCUT2D eigenvalue weighted by Crippen LogP contribution is 2.16. The van der Waals surface area contributed by atoms with Gasteiger partial charge >= 0.3 is 0 Å². The number of carbonyl (C=O) groups is 1. The molecule has 0 unspecified atom stereocenters. The van der Waals surface area contributed by atoms with Crippen molar-refractivity contribution in [1.29, 1.82) is 0 Å². The maximum atomic E-state index is 12.5. The zero-order valence-corrected chi connectivity index (χ0v) is 13.6. The zero-order chi connectivity index (χ0) is 16.8. The molecular formula is C18H21N5O. The quantitative estimate of drug-likeness (QED) is 0.853. The molecular weight excluding hydrogens is 302 g/mol. The molecule has 6 nitrogen and oxygen atoms in total. The van der Waals surface area contributed by atoms with Crippen LogP contribution in [0.5, 0.6) is 0 Å². The molecule has 24 heavy (non-hydrogen) atoms. The fourth-order valence-electron chi connectivity index (χ4n) is 2.69. The molecule has 6 heteroatoms. The fraction of sp³-hybridized carbons (Fsp3) is 0.278. The Labute approximate surface area is 141 Å². The van der Waals surface area contributed by atoms with E-state index in [2.05, 4.69) is 39.1 Å². The summed E-state index contributed by atoms with van der Waals surface area (Å²) in [4.78, 5) is 16.7. The van der Waals surface area contributed by atoms with Crippen LogP contribution < -0.4 is 10.2 Å². The van der Waals surface area contributed by atoms with Crippen molar-refractivity contribution in [2.75, 3.05) is 42.9 Å². The SMILES string of the molecule is C=CCNc1ccc(C(=O)N2CCN(c3ccccc3)CC2)nn1. The Kier molecular flexibility index (Phi) is 5.05. The molecule has 1 aromatic carbocycles. The zero-order valence-electron chi connectivity index (χ0n) is 13.6. The summed E-state index contributed by atoms with van der Waals surface area (Å²) in [6.45, 7) is 7.27. The number of hydrogen-bond donors (Lipinski definition) is 1. The van der Waals surface area contributed by atoms with Gasteiger partial charge in [0.2, 0.25) is 0 Å². The third-order valence-electron chi connectivity index (χ3n) is 4.00. The monoisotopic (exact) mass is 323 g/mol. The molecule has 1 amide bonds. The minimum Gasteiger partial charge on any atom is -0.368 e. The van der Waals surface area contributed by atoms with E-state index in [0.29, 0.717) is 31.1 Å². The standard InChI is InChI=1S/C18H21N5O/c1-2-10-19-17-9-8-16(20-21-17)18(24)23-13-11-22(12-14-23)15-6-4-3-5-7-15/h2-9H,1,10-14H2,(H,19,21). The van der Waals surface area contributed by atoms with Crippen LogP contribution in [-0.2, 0) is 0 Å². The number of benzene rings is 1. The van der Waals surface area contributed by atoms with E-state index in [1.807, 2.05) is 23.1 Å². The Morgan fingerprint density at radius 2 is 1.83 bits per heavy atom. The van der Waals surface area contributed by atoms with Gasteiger partial charge in [-0.2, -0.15) is 0 Å². The number of nitrogens with one attached hydrogen (secondary N) is 1. The summed E-state index contributed by atoms with van der Waals surface area (Å²) in [6.07, 6.45) is 1.74. The molecule has 1 aliphatic heterocycles. The Balaban J connectivity index is 1.58. The van der Waals surface area contributed by atoms with Crippen molar-refractivity contribution in [3.8, 4) is 0 Å². The lowest BCUT2D eigenvalue weighted by atomic mass is 10.2. The first kappa shape index (κ1) is 16.0. The van der Waals surface area contributed by atoms with E-state index in [-0.39, 0.29) is 5.91 Å². The second-order valence-electron chi connectivity index (χ2n) is 5.59. The van der Waals surface area contributed by atoms with Gasteiger partial charge in [-0.1, -0.05) is 24.3 Å². The van der Waals surface area contributed by atoms with Crippen molar-refractivity contribution in [3.63, 3.8) is 0 Å². The van der Waals surface area contributed by atoms with Gasteiger partial charge in [0.05, 0.1) is 0 Å². The summed E-state index contributed by atoms with van der Waals surface area (Å²) in [5.74, 6) is 0.575. The lowest BCUT2D eigenvalue weighted by Crippen LogP contribution is -2.49. The number of anilines is 2. The van der Waals surface area contributed by atoms with Crippen LogP contribution in [-0.4, -0.2) is 53.7 Å². The van der Waals surface area contributed by atoms with Gasteiger partial charge in [0.15, 0.2) is 5.69 Å². The third kappa shape index (κ3) is 3.71. The van der Waals surface area contributed by atoms with Crippen molar-refractivity contribution in [3.05, 3.63) is 60.8 Å².